The number of ether oxygens (including phenoxy) is 2. The molecule has 10 heteroatoms. The Labute approximate surface area is 149 Å². The third kappa shape index (κ3) is 4.40. The highest BCUT2D eigenvalue weighted by Gasteiger charge is 2.27. The van der Waals surface area contributed by atoms with Gasteiger partial charge in [0.2, 0.25) is 16.9 Å². The van der Waals surface area contributed by atoms with Gasteiger partial charge in [0.1, 0.15) is 11.6 Å². The maximum atomic E-state index is 12.5. The van der Waals surface area contributed by atoms with Gasteiger partial charge in [0.15, 0.2) is 5.82 Å². The number of hydrogen-bond donors (Lipinski definition) is 1. The number of nitrogens with zero attached hydrogens (tertiary/aromatic N) is 5. The van der Waals surface area contributed by atoms with Crippen molar-refractivity contribution in [2.24, 2.45) is 5.92 Å². The minimum absolute atomic E-state index is 0.0497. The van der Waals surface area contributed by atoms with Gasteiger partial charge in [-0.15, -0.1) is 20.4 Å². The predicted octanol–water partition coefficient (Wildman–Crippen LogP) is 1.34. The second-order valence-electron chi connectivity index (χ2n) is 5.64. The second kappa shape index (κ2) is 8.17. The average molecular weight is 364 g/mol. The van der Waals surface area contributed by atoms with Crippen molar-refractivity contribution < 1.29 is 14.3 Å². The minimum Gasteiger partial charge on any atom is -0.480 e. The van der Waals surface area contributed by atoms with Gasteiger partial charge in [0, 0.05) is 26.3 Å². The van der Waals surface area contributed by atoms with Crippen LogP contribution in [-0.4, -0.2) is 53.6 Å². The summed E-state index contributed by atoms with van der Waals surface area (Å²) >= 11 is 1.32. The standard InChI is InChI=1S/C15H20N6O3S/c1-23-9-13-19-20-15(25-13)16-14(22)10-4-3-7-21(8-10)11-5-6-12(24-2)18-17-11/h5-6,10H,3-4,7-9H2,1-2H3,(H,16,20,22)/t10-/m0/s1. The summed E-state index contributed by atoms with van der Waals surface area (Å²) in [7, 11) is 3.15. The summed E-state index contributed by atoms with van der Waals surface area (Å²) in [6.07, 6.45) is 1.74. The fraction of sp³-hybridized carbons (Fsp3) is 0.533. The Balaban J connectivity index is 1.60. The van der Waals surface area contributed by atoms with Gasteiger partial charge in [-0.05, 0) is 18.9 Å². The number of nitrogens with one attached hydrogen (secondary N) is 1. The lowest BCUT2D eigenvalue weighted by Crippen LogP contribution is -2.41. The molecule has 2 aromatic rings. The van der Waals surface area contributed by atoms with E-state index in [1.165, 1.54) is 11.3 Å². The number of rotatable bonds is 6. The van der Waals surface area contributed by atoms with Crippen LogP contribution in [0.3, 0.4) is 0 Å². The quantitative estimate of drug-likeness (QED) is 0.819. The smallest absolute Gasteiger partial charge is 0.233 e. The predicted molar refractivity (Wildman–Crippen MR) is 92.8 cm³/mol. The van der Waals surface area contributed by atoms with Crippen LogP contribution in [0.15, 0.2) is 12.1 Å². The van der Waals surface area contributed by atoms with Crippen LogP contribution >= 0.6 is 11.3 Å². The number of hydrogen-bond acceptors (Lipinski definition) is 9. The fourth-order valence-corrected chi connectivity index (χ4v) is 3.40. The van der Waals surface area contributed by atoms with E-state index in [2.05, 4.69) is 30.6 Å². The van der Waals surface area contributed by atoms with Crippen molar-refractivity contribution in [3.05, 3.63) is 17.1 Å². The van der Waals surface area contributed by atoms with Crippen LogP contribution in [0.2, 0.25) is 0 Å². The van der Waals surface area contributed by atoms with E-state index in [-0.39, 0.29) is 11.8 Å². The Morgan fingerprint density at radius 1 is 1.32 bits per heavy atom. The van der Waals surface area contributed by atoms with E-state index >= 15 is 0 Å². The van der Waals surface area contributed by atoms with Crippen molar-refractivity contribution in [1.82, 2.24) is 20.4 Å². The summed E-state index contributed by atoms with van der Waals surface area (Å²) in [5.74, 6) is 1.04. The molecule has 0 spiro atoms. The molecular weight excluding hydrogens is 344 g/mol. The number of amides is 1. The number of anilines is 2. The van der Waals surface area contributed by atoms with E-state index in [9.17, 15) is 4.79 Å². The zero-order valence-electron chi connectivity index (χ0n) is 14.1. The molecule has 1 aliphatic rings. The largest absolute Gasteiger partial charge is 0.480 e. The first-order valence-corrected chi connectivity index (χ1v) is 8.76. The molecule has 0 aromatic carbocycles. The first kappa shape index (κ1) is 17.5. The number of carbonyl (C=O) groups is 1. The maximum absolute atomic E-state index is 12.5. The molecule has 3 rings (SSSR count). The van der Waals surface area contributed by atoms with Crippen LogP contribution in [0.25, 0.3) is 0 Å². The SMILES string of the molecule is COCc1nnc(NC(=O)[C@H]2CCCN(c3ccc(OC)nn3)C2)s1. The lowest BCUT2D eigenvalue weighted by Gasteiger charge is -2.32. The molecular formula is C15H20N6O3S. The number of aromatic nitrogens is 4. The molecule has 1 amide bonds. The molecule has 1 aliphatic heterocycles. The summed E-state index contributed by atoms with van der Waals surface area (Å²) in [4.78, 5) is 14.6. The first-order chi connectivity index (χ1) is 12.2. The Kier molecular flexibility index (Phi) is 5.71. The van der Waals surface area contributed by atoms with E-state index in [1.54, 1.807) is 20.3 Å². The van der Waals surface area contributed by atoms with Crippen molar-refractivity contribution in [3.8, 4) is 5.88 Å². The molecule has 3 heterocycles. The van der Waals surface area contributed by atoms with Crippen LogP contribution in [0, 0.1) is 5.92 Å². The maximum Gasteiger partial charge on any atom is 0.233 e. The highest BCUT2D eigenvalue weighted by Crippen LogP contribution is 2.24. The lowest BCUT2D eigenvalue weighted by atomic mass is 9.97. The zero-order chi connectivity index (χ0) is 17.6. The molecule has 0 saturated carbocycles. The van der Waals surface area contributed by atoms with E-state index in [0.29, 0.717) is 24.2 Å². The molecule has 1 N–H and O–H groups in total. The Morgan fingerprint density at radius 2 is 2.20 bits per heavy atom. The zero-order valence-corrected chi connectivity index (χ0v) is 15.0. The van der Waals surface area contributed by atoms with E-state index in [0.717, 1.165) is 30.2 Å². The van der Waals surface area contributed by atoms with E-state index in [4.69, 9.17) is 9.47 Å². The van der Waals surface area contributed by atoms with Gasteiger partial charge < -0.3 is 19.7 Å². The highest BCUT2D eigenvalue weighted by molar-refractivity contribution is 7.15. The van der Waals surface area contributed by atoms with Gasteiger partial charge >= 0.3 is 0 Å². The number of carbonyl (C=O) groups excluding carboxylic acids is 1. The van der Waals surface area contributed by atoms with Crippen molar-refractivity contribution >= 4 is 28.2 Å². The Hall–Kier alpha value is -2.33. The molecule has 2 aromatic heterocycles. The normalized spacial score (nSPS) is 17.4. The van der Waals surface area contributed by atoms with Crippen LogP contribution in [0.1, 0.15) is 17.8 Å². The molecule has 0 unspecified atom stereocenters. The molecule has 134 valence electrons. The van der Waals surface area contributed by atoms with Crippen molar-refractivity contribution in [2.75, 3.05) is 37.5 Å². The molecule has 25 heavy (non-hydrogen) atoms. The van der Waals surface area contributed by atoms with Gasteiger partial charge in [0.05, 0.1) is 13.0 Å². The van der Waals surface area contributed by atoms with Crippen LogP contribution in [-0.2, 0) is 16.1 Å². The fourth-order valence-electron chi connectivity index (χ4n) is 2.68. The first-order valence-electron chi connectivity index (χ1n) is 7.94. The monoisotopic (exact) mass is 364 g/mol. The van der Waals surface area contributed by atoms with Crippen LogP contribution in [0.5, 0.6) is 5.88 Å². The van der Waals surface area contributed by atoms with Gasteiger partial charge in [0.25, 0.3) is 0 Å². The van der Waals surface area contributed by atoms with E-state index < -0.39 is 0 Å². The molecule has 9 nitrogen and oxygen atoms in total. The van der Waals surface area contributed by atoms with Crippen molar-refractivity contribution in [1.29, 1.82) is 0 Å². The second-order valence-corrected chi connectivity index (χ2v) is 6.70. The molecule has 1 atom stereocenters. The van der Waals surface area contributed by atoms with Gasteiger partial charge in [-0.2, -0.15) is 0 Å². The molecule has 0 aliphatic carbocycles. The van der Waals surface area contributed by atoms with Gasteiger partial charge in [-0.25, -0.2) is 0 Å². The Morgan fingerprint density at radius 3 is 2.92 bits per heavy atom. The molecule has 1 fully saturated rings. The Bertz CT molecular complexity index is 708. The summed E-state index contributed by atoms with van der Waals surface area (Å²) in [6.45, 7) is 1.83. The summed E-state index contributed by atoms with van der Waals surface area (Å²) < 4.78 is 10.0. The summed E-state index contributed by atoms with van der Waals surface area (Å²) in [6, 6.07) is 3.62. The minimum atomic E-state index is -0.132. The number of methoxy groups -OCH3 is 2. The van der Waals surface area contributed by atoms with E-state index in [1.807, 2.05) is 6.07 Å². The van der Waals surface area contributed by atoms with Crippen molar-refractivity contribution in [3.63, 3.8) is 0 Å². The molecule has 0 radical (unpaired) electrons. The highest BCUT2D eigenvalue weighted by atomic mass is 32.1. The van der Waals surface area contributed by atoms with Gasteiger partial charge in [-0.3, -0.25) is 4.79 Å². The number of piperidine rings is 1. The van der Waals surface area contributed by atoms with Gasteiger partial charge in [-0.1, -0.05) is 11.3 Å². The summed E-state index contributed by atoms with van der Waals surface area (Å²) in [5.41, 5.74) is 0. The topological polar surface area (TPSA) is 102 Å². The lowest BCUT2D eigenvalue weighted by molar-refractivity contribution is -0.120. The van der Waals surface area contributed by atoms with Crippen LogP contribution < -0.4 is 15.0 Å². The third-order valence-electron chi connectivity index (χ3n) is 3.92. The van der Waals surface area contributed by atoms with Crippen LogP contribution in [0.4, 0.5) is 10.9 Å². The van der Waals surface area contributed by atoms with Crippen molar-refractivity contribution in [2.45, 2.75) is 19.4 Å². The average Bonchev–Trinajstić information content (AvgIpc) is 3.09. The summed E-state index contributed by atoms with van der Waals surface area (Å²) in [5, 5.41) is 20.2. The molecule has 0 bridgehead atoms. The third-order valence-corrected chi connectivity index (χ3v) is 4.73. The molecule has 1 saturated heterocycles.